The SMILES string of the molecule is C.N#CN1CCCCN1c1ccc([N+](=O)[O-])c2ccccc12. The van der Waals surface area contributed by atoms with Crippen LogP contribution in [0.15, 0.2) is 36.4 Å². The maximum Gasteiger partial charge on any atom is 0.277 e. The molecule has 3 rings (SSSR count). The van der Waals surface area contributed by atoms with E-state index in [0.29, 0.717) is 11.9 Å². The second-order valence-corrected chi connectivity index (χ2v) is 4.96. The molecule has 0 spiro atoms. The number of fused-ring (bicyclic) bond motifs is 1. The fourth-order valence-electron chi connectivity index (χ4n) is 2.77. The average molecular weight is 298 g/mol. The lowest BCUT2D eigenvalue weighted by atomic mass is 10.1. The zero-order chi connectivity index (χ0) is 14.8. The topological polar surface area (TPSA) is 73.4 Å². The molecule has 0 unspecified atom stereocenters. The van der Waals surface area contributed by atoms with Crippen molar-refractivity contribution < 1.29 is 4.92 Å². The number of anilines is 1. The van der Waals surface area contributed by atoms with Crippen molar-refractivity contribution in [2.24, 2.45) is 0 Å². The Kier molecular flexibility index (Phi) is 4.47. The van der Waals surface area contributed by atoms with Crippen LogP contribution in [0, 0.1) is 21.6 Å². The van der Waals surface area contributed by atoms with Gasteiger partial charge in [0.2, 0.25) is 0 Å². The fourth-order valence-corrected chi connectivity index (χ4v) is 2.77. The Labute approximate surface area is 129 Å². The molecule has 1 aliphatic heterocycles. The van der Waals surface area contributed by atoms with Gasteiger partial charge >= 0.3 is 0 Å². The van der Waals surface area contributed by atoms with Gasteiger partial charge in [-0.1, -0.05) is 25.6 Å². The van der Waals surface area contributed by atoms with Gasteiger partial charge in [0.15, 0.2) is 6.19 Å². The molecule has 0 radical (unpaired) electrons. The highest BCUT2D eigenvalue weighted by Crippen LogP contribution is 2.34. The van der Waals surface area contributed by atoms with E-state index >= 15 is 0 Å². The predicted octanol–water partition coefficient (Wildman–Crippen LogP) is 3.68. The molecule has 1 saturated heterocycles. The first-order chi connectivity index (χ1) is 10.2. The number of benzene rings is 2. The Bertz CT molecular complexity index is 738. The van der Waals surface area contributed by atoms with Crippen LogP contribution in [0.3, 0.4) is 0 Å². The molecule has 6 heteroatoms. The summed E-state index contributed by atoms with van der Waals surface area (Å²) in [7, 11) is 0. The number of nitrogens with zero attached hydrogens (tertiary/aromatic N) is 4. The lowest BCUT2D eigenvalue weighted by Crippen LogP contribution is -2.44. The standard InChI is InChI=1S/C15H14N4O2.CH4/c16-11-17-9-3-4-10-18(17)14-7-8-15(19(20)21)13-6-2-1-5-12(13)14;/h1-2,5-8H,3-4,9-10H2;1H4. The predicted molar refractivity (Wildman–Crippen MR) is 86.2 cm³/mol. The Morgan fingerprint density at radius 2 is 1.77 bits per heavy atom. The van der Waals surface area contributed by atoms with Crippen molar-refractivity contribution in [3.05, 3.63) is 46.5 Å². The summed E-state index contributed by atoms with van der Waals surface area (Å²) in [5.74, 6) is 0. The molecule has 0 saturated carbocycles. The number of nitro benzene ring substituents is 1. The third-order valence-corrected chi connectivity index (χ3v) is 3.75. The number of hydrogen-bond acceptors (Lipinski definition) is 5. The van der Waals surface area contributed by atoms with Gasteiger partial charge in [0.25, 0.3) is 5.69 Å². The van der Waals surface area contributed by atoms with Crippen LogP contribution >= 0.6 is 0 Å². The second kappa shape index (κ2) is 6.31. The average Bonchev–Trinajstić information content (AvgIpc) is 2.53. The van der Waals surface area contributed by atoms with E-state index in [9.17, 15) is 15.4 Å². The highest BCUT2D eigenvalue weighted by molar-refractivity contribution is 5.99. The van der Waals surface area contributed by atoms with E-state index in [4.69, 9.17) is 0 Å². The summed E-state index contributed by atoms with van der Waals surface area (Å²) in [5, 5.41) is 25.4. The Balaban J connectivity index is 0.00000176. The summed E-state index contributed by atoms with van der Waals surface area (Å²) in [6.45, 7) is 1.43. The number of hydrazine groups is 1. The largest absolute Gasteiger partial charge is 0.277 e. The van der Waals surface area contributed by atoms with E-state index < -0.39 is 0 Å². The maximum atomic E-state index is 11.2. The molecule has 0 amide bonds. The van der Waals surface area contributed by atoms with Crippen molar-refractivity contribution >= 4 is 22.1 Å². The van der Waals surface area contributed by atoms with Crippen LogP contribution in [-0.4, -0.2) is 23.0 Å². The van der Waals surface area contributed by atoms with Crippen molar-refractivity contribution in [2.45, 2.75) is 20.3 Å². The van der Waals surface area contributed by atoms with Crippen molar-refractivity contribution in [3.63, 3.8) is 0 Å². The Hall–Kier alpha value is -2.81. The van der Waals surface area contributed by atoms with Gasteiger partial charge in [-0.05, 0) is 25.0 Å². The summed E-state index contributed by atoms with van der Waals surface area (Å²) in [4.78, 5) is 10.8. The lowest BCUT2D eigenvalue weighted by Gasteiger charge is -2.36. The number of rotatable bonds is 2. The van der Waals surface area contributed by atoms with E-state index in [1.54, 1.807) is 23.2 Å². The molecule has 0 aliphatic carbocycles. The first-order valence-electron chi connectivity index (χ1n) is 6.83. The number of hydrogen-bond donors (Lipinski definition) is 0. The smallest absolute Gasteiger partial charge is 0.276 e. The molecule has 2 aromatic carbocycles. The summed E-state index contributed by atoms with van der Waals surface area (Å²) in [5.41, 5.74) is 0.937. The molecule has 0 atom stereocenters. The lowest BCUT2D eigenvalue weighted by molar-refractivity contribution is -0.383. The number of non-ortho nitro benzene ring substituents is 1. The molecule has 0 N–H and O–H groups in total. The minimum Gasteiger partial charge on any atom is -0.276 e. The zero-order valence-corrected chi connectivity index (χ0v) is 11.4. The zero-order valence-electron chi connectivity index (χ0n) is 11.4. The first-order valence-corrected chi connectivity index (χ1v) is 6.83. The van der Waals surface area contributed by atoms with Crippen molar-refractivity contribution in [3.8, 4) is 6.19 Å². The fraction of sp³-hybridized carbons (Fsp3) is 0.312. The van der Waals surface area contributed by atoms with Gasteiger partial charge < -0.3 is 0 Å². The van der Waals surface area contributed by atoms with Crippen molar-refractivity contribution in [2.75, 3.05) is 18.1 Å². The van der Waals surface area contributed by atoms with Gasteiger partial charge in [0.1, 0.15) is 0 Å². The monoisotopic (exact) mass is 298 g/mol. The minimum absolute atomic E-state index is 0. The molecule has 0 bridgehead atoms. The molecule has 0 aromatic heterocycles. The second-order valence-electron chi connectivity index (χ2n) is 4.96. The third kappa shape index (κ3) is 2.53. The molecule has 114 valence electrons. The van der Waals surface area contributed by atoms with Gasteiger partial charge in [-0.2, -0.15) is 5.26 Å². The van der Waals surface area contributed by atoms with E-state index in [2.05, 4.69) is 6.19 Å². The quantitative estimate of drug-likeness (QED) is 0.480. The molecule has 1 fully saturated rings. The number of nitro groups is 1. The van der Waals surface area contributed by atoms with Crippen LogP contribution in [-0.2, 0) is 0 Å². The van der Waals surface area contributed by atoms with Crippen LogP contribution in [0.2, 0.25) is 0 Å². The van der Waals surface area contributed by atoms with Crippen LogP contribution in [0.5, 0.6) is 0 Å². The molecule has 1 aliphatic rings. The summed E-state index contributed by atoms with van der Waals surface area (Å²) in [6, 6.07) is 10.5. The van der Waals surface area contributed by atoms with Crippen LogP contribution < -0.4 is 5.01 Å². The van der Waals surface area contributed by atoms with Crippen LogP contribution in [0.4, 0.5) is 11.4 Å². The summed E-state index contributed by atoms with van der Waals surface area (Å²) in [6.07, 6.45) is 4.16. The molecule has 22 heavy (non-hydrogen) atoms. The highest BCUT2D eigenvalue weighted by Gasteiger charge is 2.23. The van der Waals surface area contributed by atoms with Crippen molar-refractivity contribution in [1.29, 1.82) is 5.26 Å². The molecular weight excluding hydrogens is 280 g/mol. The highest BCUT2D eigenvalue weighted by atomic mass is 16.6. The van der Waals surface area contributed by atoms with Gasteiger partial charge in [0, 0.05) is 18.0 Å². The van der Waals surface area contributed by atoms with Crippen LogP contribution in [0.25, 0.3) is 10.8 Å². The molecule has 6 nitrogen and oxygen atoms in total. The van der Waals surface area contributed by atoms with E-state index in [0.717, 1.165) is 30.5 Å². The van der Waals surface area contributed by atoms with E-state index in [1.807, 2.05) is 17.1 Å². The molecule has 2 aromatic rings. The molecule has 1 heterocycles. The Morgan fingerprint density at radius 1 is 1.09 bits per heavy atom. The third-order valence-electron chi connectivity index (χ3n) is 3.75. The van der Waals surface area contributed by atoms with Crippen LogP contribution in [0.1, 0.15) is 20.3 Å². The number of nitriles is 1. The maximum absolute atomic E-state index is 11.2. The summed E-state index contributed by atoms with van der Waals surface area (Å²) < 4.78 is 0. The van der Waals surface area contributed by atoms with E-state index in [-0.39, 0.29) is 18.0 Å². The van der Waals surface area contributed by atoms with Crippen molar-refractivity contribution in [1.82, 2.24) is 5.01 Å². The molecular formula is C16H18N4O2. The summed E-state index contributed by atoms with van der Waals surface area (Å²) >= 11 is 0. The first kappa shape index (κ1) is 15.6. The normalized spacial score (nSPS) is 14.3. The van der Waals surface area contributed by atoms with E-state index in [1.165, 1.54) is 6.07 Å². The minimum atomic E-state index is -0.371. The van der Waals surface area contributed by atoms with Gasteiger partial charge in [0.05, 0.1) is 22.5 Å². The van der Waals surface area contributed by atoms with Gasteiger partial charge in [-0.3, -0.25) is 15.1 Å². The van der Waals surface area contributed by atoms with Gasteiger partial charge in [-0.15, -0.1) is 0 Å². The van der Waals surface area contributed by atoms with Gasteiger partial charge in [-0.25, -0.2) is 5.01 Å². The Morgan fingerprint density at radius 3 is 2.45 bits per heavy atom.